The first-order valence-electron chi connectivity index (χ1n) is 10.8. The van der Waals surface area contributed by atoms with Crippen molar-refractivity contribution in [3.05, 3.63) is 29.3 Å². The standard InChI is InChI=1S/C23H26N2O4/c1-27-16-8-14-15(9-17(16)28-2)25-20(26)10-18-21-13-7-19-23(14,22(21)25)4-5-24(19)11-12(13)3-6-29-18/h3,8-9,13,18-19,21-22H,4-7,10-11H2,1-2H3/t13-,18+,19+,21-,22-,23-/m1/s1. The fraction of sp³-hybridized carbons (Fsp3) is 0.609. The number of hydrogen-bond donors (Lipinski definition) is 0. The van der Waals surface area contributed by atoms with Crippen LogP contribution in [0.5, 0.6) is 11.5 Å². The van der Waals surface area contributed by atoms with Gasteiger partial charge in [0.05, 0.1) is 45.1 Å². The van der Waals surface area contributed by atoms with Crippen LogP contribution in [0.15, 0.2) is 23.8 Å². The summed E-state index contributed by atoms with van der Waals surface area (Å²) >= 11 is 0. The number of benzene rings is 1. The van der Waals surface area contributed by atoms with Crippen LogP contribution in [0, 0.1) is 11.8 Å². The number of carbonyl (C=O) groups excluding carboxylic acids is 1. The number of nitrogens with zero attached hydrogens (tertiary/aromatic N) is 2. The molecule has 7 rings (SSSR count). The predicted molar refractivity (Wildman–Crippen MR) is 107 cm³/mol. The van der Waals surface area contributed by atoms with E-state index >= 15 is 0 Å². The van der Waals surface area contributed by atoms with E-state index in [9.17, 15) is 4.79 Å². The van der Waals surface area contributed by atoms with Crippen molar-refractivity contribution < 1.29 is 19.0 Å². The summed E-state index contributed by atoms with van der Waals surface area (Å²) in [6.45, 7) is 2.80. The van der Waals surface area contributed by atoms with Crippen LogP contribution in [-0.2, 0) is 14.9 Å². The number of ether oxygens (including phenoxy) is 3. The van der Waals surface area contributed by atoms with Gasteiger partial charge in [-0.15, -0.1) is 0 Å². The summed E-state index contributed by atoms with van der Waals surface area (Å²) in [6.07, 6.45) is 5.11. The molecule has 6 atom stereocenters. The normalized spacial score (nSPS) is 41.0. The van der Waals surface area contributed by atoms with Crippen molar-refractivity contribution in [2.75, 3.05) is 38.8 Å². The molecule has 1 aromatic rings. The van der Waals surface area contributed by atoms with Gasteiger partial charge in [-0.1, -0.05) is 11.6 Å². The van der Waals surface area contributed by atoms with Crippen LogP contribution in [0.25, 0.3) is 0 Å². The van der Waals surface area contributed by atoms with Gasteiger partial charge in [-0.05, 0) is 36.9 Å². The molecule has 0 unspecified atom stereocenters. The third kappa shape index (κ3) is 1.76. The van der Waals surface area contributed by atoms with Gasteiger partial charge in [-0.3, -0.25) is 9.69 Å². The minimum atomic E-state index is -0.0242. The first-order valence-corrected chi connectivity index (χ1v) is 10.8. The molecule has 0 N–H and O–H groups in total. The highest BCUT2D eigenvalue weighted by atomic mass is 16.5. The number of fused-ring (bicyclic) bond motifs is 2. The van der Waals surface area contributed by atoms with Crippen LogP contribution >= 0.6 is 0 Å². The van der Waals surface area contributed by atoms with E-state index in [2.05, 4.69) is 21.9 Å². The second-order valence-corrected chi connectivity index (χ2v) is 9.48. The van der Waals surface area contributed by atoms with Crippen LogP contribution in [0.1, 0.15) is 24.8 Å². The number of anilines is 1. The molecule has 29 heavy (non-hydrogen) atoms. The number of hydrogen-bond acceptors (Lipinski definition) is 5. The van der Waals surface area contributed by atoms with E-state index in [1.807, 2.05) is 6.07 Å². The van der Waals surface area contributed by atoms with Gasteiger partial charge >= 0.3 is 0 Å². The third-order valence-corrected chi connectivity index (χ3v) is 8.81. The van der Waals surface area contributed by atoms with E-state index in [1.165, 1.54) is 12.0 Å². The molecule has 3 saturated heterocycles. The van der Waals surface area contributed by atoms with E-state index < -0.39 is 0 Å². The first-order chi connectivity index (χ1) is 14.2. The Labute approximate surface area is 170 Å². The van der Waals surface area contributed by atoms with Gasteiger partial charge in [0.15, 0.2) is 11.5 Å². The molecule has 0 aromatic heterocycles. The van der Waals surface area contributed by atoms with Gasteiger partial charge in [0.2, 0.25) is 5.91 Å². The second-order valence-electron chi connectivity index (χ2n) is 9.48. The number of rotatable bonds is 2. The van der Waals surface area contributed by atoms with Crippen LogP contribution in [0.4, 0.5) is 5.69 Å². The molecule has 1 spiro atoms. The summed E-state index contributed by atoms with van der Waals surface area (Å²) < 4.78 is 17.6. The van der Waals surface area contributed by atoms with E-state index in [1.54, 1.807) is 19.8 Å². The molecule has 1 aromatic carbocycles. The van der Waals surface area contributed by atoms with Crippen molar-refractivity contribution in [3.63, 3.8) is 0 Å². The first kappa shape index (κ1) is 16.7. The Morgan fingerprint density at radius 1 is 1.21 bits per heavy atom. The van der Waals surface area contributed by atoms with Crippen LogP contribution in [-0.4, -0.2) is 62.9 Å². The lowest BCUT2D eigenvalue weighted by Crippen LogP contribution is -2.69. The zero-order valence-electron chi connectivity index (χ0n) is 16.9. The average Bonchev–Trinajstić information content (AvgIpc) is 3.20. The van der Waals surface area contributed by atoms with Gasteiger partial charge in [-0.2, -0.15) is 0 Å². The van der Waals surface area contributed by atoms with E-state index in [-0.39, 0.29) is 23.5 Å². The third-order valence-electron chi connectivity index (χ3n) is 8.81. The van der Waals surface area contributed by atoms with Crippen molar-refractivity contribution >= 4 is 11.6 Å². The van der Waals surface area contributed by atoms with Gasteiger partial charge in [0.25, 0.3) is 0 Å². The maximum absolute atomic E-state index is 13.5. The lowest BCUT2D eigenvalue weighted by atomic mass is 9.53. The molecular formula is C23H26N2O4. The maximum Gasteiger partial charge on any atom is 0.229 e. The van der Waals surface area contributed by atoms with Crippen molar-refractivity contribution in [3.8, 4) is 11.5 Å². The Balaban J connectivity index is 1.52. The molecule has 0 radical (unpaired) electrons. The zero-order valence-corrected chi connectivity index (χ0v) is 16.9. The van der Waals surface area contributed by atoms with E-state index in [0.29, 0.717) is 36.7 Å². The monoisotopic (exact) mass is 394 g/mol. The average molecular weight is 394 g/mol. The lowest BCUT2D eigenvalue weighted by Gasteiger charge is -2.58. The lowest BCUT2D eigenvalue weighted by molar-refractivity contribution is -0.132. The summed E-state index contributed by atoms with van der Waals surface area (Å²) in [5.41, 5.74) is 3.85. The van der Waals surface area contributed by atoms with E-state index in [4.69, 9.17) is 14.2 Å². The molecule has 5 heterocycles. The Kier molecular flexibility index (Phi) is 3.08. The van der Waals surface area contributed by atoms with Crippen LogP contribution in [0.3, 0.4) is 0 Å². The molecule has 4 fully saturated rings. The molecule has 6 nitrogen and oxygen atoms in total. The molecule has 5 aliphatic heterocycles. The van der Waals surface area contributed by atoms with Gasteiger partial charge < -0.3 is 19.1 Å². The van der Waals surface area contributed by atoms with Crippen molar-refractivity contribution in [2.24, 2.45) is 11.8 Å². The van der Waals surface area contributed by atoms with Gasteiger partial charge in [0, 0.05) is 30.0 Å². The van der Waals surface area contributed by atoms with Crippen LogP contribution < -0.4 is 14.4 Å². The number of carbonyl (C=O) groups is 1. The molecule has 6 heteroatoms. The summed E-state index contributed by atoms with van der Waals surface area (Å²) in [7, 11) is 3.36. The fourth-order valence-corrected chi connectivity index (χ4v) is 7.87. The summed E-state index contributed by atoms with van der Waals surface area (Å²) in [6, 6.07) is 4.87. The molecule has 1 saturated carbocycles. The Morgan fingerprint density at radius 3 is 2.86 bits per heavy atom. The van der Waals surface area contributed by atoms with Crippen LogP contribution in [0.2, 0.25) is 0 Å². The highest BCUT2D eigenvalue weighted by Gasteiger charge is 2.71. The van der Waals surface area contributed by atoms with Crippen molar-refractivity contribution in [1.82, 2.24) is 4.90 Å². The molecule has 1 amide bonds. The maximum atomic E-state index is 13.5. The highest BCUT2D eigenvalue weighted by Crippen LogP contribution is 2.66. The largest absolute Gasteiger partial charge is 0.493 e. The second kappa shape index (κ2) is 5.35. The minimum Gasteiger partial charge on any atom is -0.493 e. The fourth-order valence-electron chi connectivity index (χ4n) is 7.87. The molecule has 1 aliphatic carbocycles. The smallest absolute Gasteiger partial charge is 0.229 e. The Bertz CT molecular complexity index is 974. The molecule has 2 bridgehead atoms. The van der Waals surface area contributed by atoms with E-state index in [0.717, 1.165) is 30.9 Å². The summed E-state index contributed by atoms with van der Waals surface area (Å²) in [5.74, 6) is 2.57. The predicted octanol–water partition coefficient (Wildman–Crippen LogP) is 2.11. The van der Waals surface area contributed by atoms with Gasteiger partial charge in [-0.25, -0.2) is 0 Å². The molecular weight excluding hydrogens is 368 g/mol. The molecule has 6 aliphatic rings. The number of methoxy groups -OCH3 is 2. The Hall–Kier alpha value is -2.05. The number of piperidine rings is 2. The number of amides is 1. The Morgan fingerprint density at radius 2 is 2.03 bits per heavy atom. The summed E-state index contributed by atoms with van der Waals surface area (Å²) in [4.78, 5) is 18.3. The topological polar surface area (TPSA) is 51.2 Å². The van der Waals surface area contributed by atoms with Crippen molar-refractivity contribution in [1.29, 1.82) is 0 Å². The minimum absolute atomic E-state index is 0.0242. The zero-order chi connectivity index (χ0) is 19.5. The quantitative estimate of drug-likeness (QED) is 0.719. The molecule has 152 valence electrons. The van der Waals surface area contributed by atoms with Gasteiger partial charge in [0.1, 0.15) is 0 Å². The SMILES string of the molecule is COc1cc2c(cc1OC)[C@@]13CCN4CC5=CCO[C@H]6CC(=O)N2[C@@H]1[C@@H]6[C@@H]5C[C@H]43. The van der Waals surface area contributed by atoms with Crippen molar-refractivity contribution in [2.45, 2.75) is 42.9 Å². The summed E-state index contributed by atoms with van der Waals surface area (Å²) in [5, 5.41) is 0. The highest BCUT2D eigenvalue weighted by molar-refractivity contribution is 5.99.